The average molecular weight is 569 g/mol. The molecule has 5 aromatic rings. The molecule has 7 rings (SSSR count). The summed E-state index contributed by atoms with van der Waals surface area (Å²) < 4.78 is 27.9. The molecule has 0 saturated carbocycles. The number of hydrogen-bond acceptors (Lipinski definition) is 6. The van der Waals surface area contributed by atoms with E-state index in [-0.39, 0.29) is 22.8 Å². The number of rotatable bonds is 7. The Hall–Kier alpha value is -4.02. The topological polar surface area (TPSA) is 104 Å². The van der Waals surface area contributed by atoms with Crippen LogP contribution in [-0.4, -0.2) is 62.7 Å². The predicted molar refractivity (Wildman–Crippen MR) is 157 cm³/mol. The largest absolute Gasteiger partial charge is 0.339 e. The van der Waals surface area contributed by atoms with E-state index in [2.05, 4.69) is 39.1 Å². The lowest BCUT2D eigenvalue weighted by atomic mass is 9.87. The fourth-order valence-corrected chi connectivity index (χ4v) is 7.77. The van der Waals surface area contributed by atoms with Crippen LogP contribution in [0.1, 0.15) is 43.1 Å². The van der Waals surface area contributed by atoms with Crippen molar-refractivity contribution in [2.24, 2.45) is 5.92 Å². The maximum atomic E-state index is 13.4. The standard InChI is InChI=1S/C31H32N6O3S/c38-27-12-7-16-36(27)29(23-13-17-35(18-14-23)21-22-8-3-1-4-9-22)30-33-26-20-32-31-25(28(26)34-30)15-19-37(31)41(39,40)24-10-5-2-6-11-24/h1-6,8-11,15,19-20,23,29H,7,12-14,16-18,21H2,(H,33,34). The molecule has 2 fully saturated rings. The molecule has 5 heterocycles. The van der Waals surface area contributed by atoms with Crippen molar-refractivity contribution in [3.63, 3.8) is 0 Å². The summed E-state index contributed by atoms with van der Waals surface area (Å²) in [5, 5.41) is 0.661. The van der Waals surface area contributed by atoms with E-state index in [1.807, 2.05) is 11.0 Å². The maximum Gasteiger partial charge on any atom is 0.269 e. The first-order valence-corrected chi connectivity index (χ1v) is 15.6. The van der Waals surface area contributed by atoms with E-state index in [1.54, 1.807) is 42.6 Å². The van der Waals surface area contributed by atoms with Crippen LogP contribution in [0.2, 0.25) is 0 Å². The summed E-state index contributed by atoms with van der Waals surface area (Å²) in [5.41, 5.74) is 3.06. The summed E-state index contributed by atoms with van der Waals surface area (Å²) in [7, 11) is -3.81. The fraction of sp³-hybridized carbons (Fsp3) is 0.323. The molecule has 0 spiro atoms. The molecule has 0 aliphatic carbocycles. The molecular formula is C31H32N6O3S. The average Bonchev–Trinajstić information content (AvgIpc) is 3.74. The van der Waals surface area contributed by atoms with Crippen LogP contribution in [0.5, 0.6) is 0 Å². The number of H-pyrrole nitrogens is 1. The van der Waals surface area contributed by atoms with E-state index in [0.717, 1.165) is 56.8 Å². The maximum absolute atomic E-state index is 13.4. The normalized spacial score (nSPS) is 18.0. The first-order valence-electron chi connectivity index (χ1n) is 14.2. The summed E-state index contributed by atoms with van der Waals surface area (Å²) in [6.45, 7) is 3.58. The Morgan fingerprint density at radius 1 is 0.951 bits per heavy atom. The van der Waals surface area contributed by atoms with Crippen LogP contribution < -0.4 is 0 Å². The molecule has 2 aromatic carbocycles. The van der Waals surface area contributed by atoms with Crippen molar-refractivity contribution in [3.05, 3.63) is 90.5 Å². The minimum atomic E-state index is -3.81. The summed E-state index contributed by atoms with van der Waals surface area (Å²) in [6, 6.07) is 20.5. The summed E-state index contributed by atoms with van der Waals surface area (Å²) in [5.74, 6) is 1.20. The molecule has 1 unspecified atom stereocenters. The van der Waals surface area contributed by atoms with Crippen molar-refractivity contribution in [3.8, 4) is 0 Å². The van der Waals surface area contributed by atoms with E-state index in [1.165, 1.54) is 15.7 Å². The van der Waals surface area contributed by atoms with Crippen LogP contribution in [0.15, 0.2) is 84.0 Å². The Morgan fingerprint density at radius 3 is 2.39 bits per heavy atom. The molecule has 1 N–H and O–H groups in total. The number of nitrogens with one attached hydrogen (secondary N) is 1. The monoisotopic (exact) mass is 568 g/mol. The van der Waals surface area contributed by atoms with E-state index in [4.69, 9.17) is 4.98 Å². The number of benzene rings is 2. The zero-order valence-electron chi connectivity index (χ0n) is 22.7. The van der Waals surface area contributed by atoms with Crippen molar-refractivity contribution in [1.82, 2.24) is 28.7 Å². The van der Waals surface area contributed by atoms with Gasteiger partial charge in [-0.25, -0.2) is 22.4 Å². The zero-order valence-corrected chi connectivity index (χ0v) is 23.5. The molecule has 210 valence electrons. The van der Waals surface area contributed by atoms with Gasteiger partial charge in [-0.05, 0) is 62.0 Å². The van der Waals surface area contributed by atoms with Gasteiger partial charge in [0, 0.05) is 31.1 Å². The zero-order chi connectivity index (χ0) is 28.0. The highest BCUT2D eigenvalue weighted by Crippen LogP contribution is 2.38. The minimum absolute atomic E-state index is 0.151. The highest BCUT2D eigenvalue weighted by Gasteiger charge is 2.38. The molecule has 41 heavy (non-hydrogen) atoms. The van der Waals surface area contributed by atoms with Crippen LogP contribution in [-0.2, 0) is 21.4 Å². The van der Waals surface area contributed by atoms with Gasteiger partial charge < -0.3 is 9.88 Å². The number of fused-ring (bicyclic) bond motifs is 3. The third-order valence-corrected chi connectivity index (χ3v) is 10.2. The molecule has 2 saturated heterocycles. The van der Waals surface area contributed by atoms with Crippen LogP contribution in [0.25, 0.3) is 22.1 Å². The minimum Gasteiger partial charge on any atom is -0.339 e. The van der Waals surface area contributed by atoms with Gasteiger partial charge in [0.05, 0.1) is 22.7 Å². The van der Waals surface area contributed by atoms with E-state index in [9.17, 15) is 13.2 Å². The Bertz CT molecular complexity index is 1810. The van der Waals surface area contributed by atoms with Crippen LogP contribution >= 0.6 is 0 Å². The van der Waals surface area contributed by atoms with E-state index < -0.39 is 10.0 Å². The van der Waals surface area contributed by atoms with Gasteiger partial charge in [-0.3, -0.25) is 9.69 Å². The smallest absolute Gasteiger partial charge is 0.269 e. The molecule has 3 aromatic heterocycles. The Morgan fingerprint density at radius 2 is 1.68 bits per heavy atom. The molecule has 2 aliphatic heterocycles. The fourth-order valence-electron chi connectivity index (χ4n) is 6.44. The number of hydrogen-bond donors (Lipinski definition) is 1. The summed E-state index contributed by atoms with van der Waals surface area (Å²) in [4.78, 5) is 30.7. The van der Waals surface area contributed by atoms with Gasteiger partial charge in [-0.2, -0.15) is 0 Å². The molecule has 1 amide bonds. The number of imidazole rings is 1. The van der Waals surface area contributed by atoms with Gasteiger partial charge in [0.15, 0.2) is 5.65 Å². The lowest BCUT2D eigenvalue weighted by Gasteiger charge is -2.39. The third kappa shape index (κ3) is 4.70. The molecule has 2 aliphatic rings. The van der Waals surface area contributed by atoms with Gasteiger partial charge in [-0.15, -0.1) is 0 Å². The number of piperidine rings is 1. The van der Waals surface area contributed by atoms with Crippen molar-refractivity contribution in [2.45, 2.75) is 43.2 Å². The first-order chi connectivity index (χ1) is 20.0. The second kappa shape index (κ2) is 10.4. The highest BCUT2D eigenvalue weighted by molar-refractivity contribution is 7.90. The van der Waals surface area contributed by atoms with Gasteiger partial charge in [0.2, 0.25) is 5.91 Å². The Kier molecular flexibility index (Phi) is 6.59. The molecule has 1 atom stereocenters. The van der Waals surface area contributed by atoms with Crippen molar-refractivity contribution in [1.29, 1.82) is 0 Å². The SMILES string of the molecule is O=C1CCCN1C(c1nc2c(cnc3c2ccn3S(=O)(=O)c2ccccc2)[nH]1)C1CCN(Cc2ccccc2)CC1. The number of pyridine rings is 1. The van der Waals surface area contributed by atoms with Crippen molar-refractivity contribution < 1.29 is 13.2 Å². The lowest BCUT2D eigenvalue weighted by Crippen LogP contribution is -2.41. The number of amides is 1. The second-order valence-electron chi connectivity index (χ2n) is 11.0. The predicted octanol–water partition coefficient (Wildman–Crippen LogP) is 4.73. The van der Waals surface area contributed by atoms with Gasteiger partial charge >= 0.3 is 0 Å². The Balaban J connectivity index is 1.21. The Labute approximate surface area is 238 Å². The summed E-state index contributed by atoms with van der Waals surface area (Å²) >= 11 is 0. The molecule has 0 bridgehead atoms. The molecular weight excluding hydrogens is 536 g/mol. The number of carbonyl (C=O) groups is 1. The van der Waals surface area contributed by atoms with Gasteiger partial charge in [0.1, 0.15) is 11.3 Å². The summed E-state index contributed by atoms with van der Waals surface area (Å²) in [6.07, 6.45) is 6.55. The van der Waals surface area contributed by atoms with Gasteiger partial charge in [-0.1, -0.05) is 48.5 Å². The first kappa shape index (κ1) is 25.9. The van der Waals surface area contributed by atoms with E-state index in [0.29, 0.717) is 23.0 Å². The number of aromatic nitrogens is 4. The molecule has 9 nitrogen and oxygen atoms in total. The number of carbonyl (C=O) groups excluding carboxylic acids is 1. The van der Waals surface area contributed by atoms with Crippen molar-refractivity contribution in [2.75, 3.05) is 19.6 Å². The number of likely N-dealkylation sites (tertiary alicyclic amines) is 2. The highest BCUT2D eigenvalue weighted by atomic mass is 32.2. The third-order valence-electron chi connectivity index (χ3n) is 8.50. The van der Waals surface area contributed by atoms with Crippen LogP contribution in [0, 0.1) is 5.92 Å². The van der Waals surface area contributed by atoms with Crippen LogP contribution in [0.3, 0.4) is 0 Å². The number of nitrogens with zero attached hydrogens (tertiary/aromatic N) is 5. The van der Waals surface area contributed by atoms with Crippen LogP contribution in [0.4, 0.5) is 0 Å². The molecule has 0 radical (unpaired) electrons. The second-order valence-corrected chi connectivity index (χ2v) is 12.9. The lowest BCUT2D eigenvalue weighted by molar-refractivity contribution is -0.131. The van der Waals surface area contributed by atoms with Gasteiger partial charge in [0.25, 0.3) is 10.0 Å². The number of aromatic amines is 1. The van der Waals surface area contributed by atoms with Crippen molar-refractivity contribution >= 4 is 38.0 Å². The quantitative estimate of drug-likeness (QED) is 0.305. The molecule has 10 heteroatoms. The van der Waals surface area contributed by atoms with E-state index >= 15 is 0 Å².